The summed E-state index contributed by atoms with van der Waals surface area (Å²) in [4.78, 5) is 9.00. The largest absolute Gasteiger partial charge is 0.481 e. The maximum Gasteiger partial charge on any atom is 0.300 e. The average Bonchev–Trinajstić information content (AvgIpc) is 2.49. The Morgan fingerprint density at radius 1 is 1.71 bits per heavy atom. The fourth-order valence-electron chi connectivity index (χ4n) is 1.53. The van der Waals surface area contributed by atoms with Gasteiger partial charge >= 0.3 is 0 Å². The molecule has 0 spiro atoms. The van der Waals surface area contributed by atoms with E-state index in [0.717, 1.165) is 26.3 Å². The van der Waals surface area contributed by atoms with Crippen LogP contribution in [0.15, 0.2) is 18.3 Å². The topological polar surface area (TPSA) is 68.2 Å². The molecule has 0 radical (unpaired) electrons. The summed E-state index contributed by atoms with van der Waals surface area (Å²) in [5, 5.41) is 7.42. The zero-order chi connectivity index (χ0) is 10.6. The molecule has 1 aromatic heterocycles. The van der Waals surface area contributed by atoms with Crippen molar-refractivity contribution in [2.45, 2.75) is 32.4 Å². The molecule has 2 heterocycles. The van der Waals surface area contributed by atoms with Gasteiger partial charge in [0, 0.05) is 37.8 Å². The Morgan fingerprint density at radius 3 is 3.00 bits per heavy atom. The number of aliphatic carboxylic acids is 1. The smallest absolute Gasteiger partial charge is 0.300 e. The molecular formula is C10H16N2O2. The molecule has 1 aromatic rings. The lowest BCUT2D eigenvalue weighted by atomic mass is 10.1. The van der Waals surface area contributed by atoms with Crippen LogP contribution >= 0.6 is 0 Å². The second-order valence-electron chi connectivity index (χ2n) is 3.46. The minimum atomic E-state index is -0.833. The van der Waals surface area contributed by atoms with E-state index in [2.05, 4.69) is 22.9 Å². The van der Waals surface area contributed by atoms with E-state index >= 15 is 0 Å². The van der Waals surface area contributed by atoms with Crippen LogP contribution in [0, 0.1) is 0 Å². The second-order valence-corrected chi connectivity index (χ2v) is 3.46. The second kappa shape index (κ2) is 4.81. The van der Waals surface area contributed by atoms with E-state index in [-0.39, 0.29) is 0 Å². The van der Waals surface area contributed by atoms with E-state index < -0.39 is 5.97 Å². The molecule has 0 saturated carbocycles. The van der Waals surface area contributed by atoms with Gasteiger partial charge in [-0.15, -0.1) is 0 Å². The van der Waals surface area contributed by atoms with Gasteiger partial charge in [-0.05, 0) is 18.6 Å². The number of nitrogens with zero attached hydrogens (tertiary/aromatic N) is 1. The molecule has 4 heteroatoms. The fraction of sp³-hybridized carbons (Fsp3) is 0.500. The van der Waals surface area contributed by atoms with Crippen LogP contribution in [0.4, 0.5) is 0 Å². The predicted octanol–water partition coefficient (Wildman–Crippen LogP) is 0.852. The van der Waals surface area contributed by atoms with E-state index in [4.69, 9.17) is 15.6 Å². The van der Waals surface area contributed by atoms with Gasteiger partial charge in [-0.25, -0.2) is 0 Å². The van der Waals surface area contributed by atoms with Crippen molar-refractivity contribution in [3.63, 3.8) is 0 Å². The summed E-state index contributed by atoms with van der Waals surface area (Å²) in [6.07, 6.45) is 4.30. The van der Waals surface area contributed by atoms with E-state index in [1.165, 1.54) is 5.69 Å². The van der Waals surface area contributed by atoms with Gasteiger partial charge in [0.15, 0.2) is 0 Å². The molecule has 0 amide bonds. The summed E-state index contributed by atoms with van der Waals surface area (Å²) in [5.41, 5.74) is 7.18. The first-order valence-corrected chi connectivity index (χ1v) is 4.68. The number of hydrogen-bond donors (Lipinski definition) is 2. The highest BCUT2D eigenvalue weighted by atomic mass is 16.4. The van der Waals surface area contributed by atoms with Crippen LogP contribution in [-0.4, -0.2) is 21.7 Å². The normalized spacial score (nSPS) is 19.1. The van der Waals surface area contributed by atoms with Crippen LogP contribution < -0.4 is 5.73 Å². The minimum Gasteiger partial charge on any atom is -0.481 e. The molecule has 1 atom stereocenters. The standard InChI is InChI=1S/C8H12N2.C2H4O2/c9-7-3-5-10-4-1-2-8(10)6-7;1-2(3)4/h1-2,4,7H,3,5-6,9H2;1H3,(H,3,4)/t7-;/m0./s1. The highest BCUT2D eigenvalue weighted by Crippen LogP contribution is 2.13. The van der Waals surface area contributed by atoms with Crippen LogP contribution in [0.1, 0.15) is 19.0 Å². The lowest BCUT2D eigenvalue weighted by molar-refractivity contribution is -0.134. The summed E-state index contributed by atoms with van der Waals surface area (Å²) >= 11 is 0. The number of aromatic nitrogens is 1. The third-order valence-electron chi connectivity index (χ3n) is 2.14. The molecule has 0 bridgehead atoms. The maximum absolute atomic E-state index is 9.00. The Hall–Kier alpha value is -1.29. The molecule has 0 unspecified atom stereocenters. The van der Waals surface area contributed by atoms with Crippen molar-refractivity contribution in [3.05, 3.63) is 24.0 Å². The van der Waals surface area contributed by atoms with Crippen molar-refractivity contribution < 1.29 is 9.90 Å². The summed E-state index contributed by atoms with van der Waals surface area (Å²) in [7, 11) is 0. The Labute approximate surface area is 83.3 Å². The third-order valence-corrected chi connectivity index (χ3v) is 2.14. The SMILES string of the molecule is CC(=O)O.N[C@H]1CCn2cccc2C1. The first kappa shape index (κ1) is 10.8. The number of rotatable bonds is 0. The maximum atomic E-state index is 9.00. The van der Waals surface area contributed by atoms with Gasteiger partial charge in [-0.2, -0.15) is 0 Å². The lowest BCUT2D eigenvalue weighted by Gasteiger charge is -2.20. The van der Waals surface area contributed by atoms with Gasteiger partial charge < -0.3 is 15.4 Å². The Morgan fingerprint density at radius 2 is 2.36 bits per heavy atom. The molecule has 1 aliphatic rings. The monoisotopic (exact) mass is 196 g/mol. The van der Waals surface area contributed by atoms with Gasteiger partial charge in [0.25, 0.3) is 5.97 Å². The molecule has 3 N–H and O–H groups in total. The molecule has 2 rings (SSSR count). The van der Waals surface area contributed by atoms with Crippen LogP contribution in [0.5, 0.6) is 0 Å². The van der Waals surface area contributed by atoms with E-state index in [9.17, 15) is 0 Å². The van der Waals surface area contributed by atoms with Gasteiger partial charge in [0.05, 0.1) is 0 Å². The summed E-state index contributed by atoms with van der Waals surface area (Å²) in [6.45, 7) is 2.18. The Kier molecular flexibility index (Phi) is 3.71. The van der Waals surface area contributed by atoms with Crippen LogP contribution in [0.3, 0.4) is 0 Å². The van der Waals surface area contributed by atoms with Gasteiger partial charge in [-0.3, -0.25) is 4.79 Å². The van der Waals surface area contributed by atoms with Gasteiger partial charge in [0.2, 0.25) is 0 Å². The predicted molar refractivity (Wildman–Crippen MR) is 54.0 cm³/mol. The first-order valence-electron chi connectivity index (χ1n) is 4.68. The van der Waals surface area contributed by atoms with Crippen LogP contribution in [0.25, 0.3) is 0 Å². The minimum absolute atomic E-state index is 0.391. The Balaban J connectivity index is 0.000000213. The molecule has 4 nitrogen and oxygen atoms in total. The number of carbonyl (C=O) groups is 1. The van der Waals surface area contributed by atoms with Gasteiger partial charge in [0.1, 0.15) is 0 Å². The van der Waals surface area contributed by atoms with Crippen molar-refractivity contribution in [1.29, 1.82) is 0 Å². The molecule has 0 aromatic carbocycles. The molecule has 0 fully saturated rings. The van der Waals surface area contributed by atoms with Crippen molar-refractivity contribution in [1.82, 2.24) is 4.57 Å². The summed E-state index contributed by atoms with van der Waals surface area (Å²) in [5.74, 6) is -0.833. The highest BCUT2D eigenvalue weighted by molar-refractivity contribution is 5.62. The number of carboxylic acids is 1. The van der Waals surface area contributed by atoms with E-state index in [0.29, 0.717) is 6.04 Å². The van der Waals surface area contributed by atoms with Crippen molar-refractivity contribution in [2.24, 2.45) is 5.73 Å². The number of aryl methyl sites for hydroxylation is 1. The summed E-state index contributed by atoms with van der Waals surface area (Å²) in [6, 6.07) is 4.63. The molecule has 0 aliphatic carbocycles. The lowest BCUT2D eigenvalue weighted by Crippen LogP contribution is -2.30. The number of carboxylic acid groups (broad SMARTS) is 1. The Bertz CT molecular complexity index is 303. The molecule has 0 saturated heterocycles. The first-order chi connectivity index (χ1) is 6.59. The highest BCUT2D eigenvalue weighted by Gasteiger charge is 2.12. The van der Waals surface area contributed by atoms with E-state index in [1.807, 2.05) is 0 Å². The number of hydrogen-bond acceptors (Lipinski definition) is 2. The van der Waals surface area contributed by atoms with Gasteiger partial charge in [-0.1, -0.05) is 0 Å². The third kappa shape index (κ3) is 3.22. The van der Waals surface area contributed by atoms with Crippen molar-refractivity contribution in [3.8, 4) is 0 Å². The number of nitrogens with two attached hydrogens (primary N) is 1. The number of fused-ring (bicyclic) bond motifs is 1. The zero-order valence-corrected chi connectivity index (χ0v) is 8.31. The van der Waals surface area contributed by atoms with Crippen LogP contribution in [0.2, 0.25) is 0 Å². The molecule has 14 heavy (non-hydrogen) atoms. The molecular weight excluding hydrogens is 180 g/mol. The zero-order valence-electron chi connectivity index (χ0n) is 8.31. The van der Waals surface area contributed by atoms with Crippen molar-refractivity contribution >= 4 is 5.97 Å². The molecule has 1 aliphatic heterocycles. The fourth-order valence-corrected chi connectivity index (χ4v) is 1.53. The van der Waals surface area contributed by atoms with E-state index in [1.54, 1.807) is 0 Å². The molecule has 78 valence electrons. The average molecular weight is 196 g/mol. The quantitative estimate of drug-likeness (QED) is 0.646. The van der Waals surface area contributed by atoms with Crippen LogP contribution in [-0.2, 0) is 17.8 Å². The summed E-state index contributed by atoms with van der Waals surface area (Å²) < 4.78 is 2.28. The van der Waals surface area contributed by atoms with Crippen molar-refractivity contribution in [2.75, 3.05) is 0 Å².